The fourth-order valence-electron chi connectivity index (χ4n) is 4.83. The first-order valence-corrected chi connectivity index (χ1v) is 13.0. The van der Waals surface area contributed by atoms with Crippen molar-refractivity contribution in [2.75, 3.05) is 62.7 Å². The Hall–Kier alpha value is -3.39. The fraction of sp³-hybridized carbons (Fsp3) is 0.310. The van der Waals surface area contributed by atoms with E-state index in [0.717, 1.165) is 38.4 Å². The van der Waals surface area contributed by atoms with Gasteiger partial charge in [-0.1, -0.05) is 54.1 Å². The monoisotopic (exact) mass is 518 g/mol. The molecule has 2 saturated heterocycles. The quantitative estimate of drug-likeness (QED) is 0.524. The van der Waals surface area contributed by atoms with Gasteiger partial charge in [-0.2, -0.15) is 0 Å². The Morgan fingerprint density at radius 1 is 0.811 bits per heavy atom. The smallest absolute Gasteiger partial charge is 0.257 e. The van der Waals surface area contributed by atoms with Crippen LogP contribution in [0.25, 0.3) is 0 Å². The maximum absolute atomic E-state index is 13.6. The summed E-state index contributed by atoms with van der Waals surface area (Å²) in [6.07, 6.45) is 0. The Morgan fingerprint density at radius 3 is 2.24 bits per heavy atom. The third-order valence-electron chi connectivity index (χ3n) is 6.86. The Balaban J connectivity index is 1.35. The first-order valence-electron chi connectivity index (χ1n) is 12.7. The highest BCUT2D eigenvalue weighted by Crippen LogP contribution is 2.28. The van der Waals surface area contributed by atoms with Crippen LogP contribution in [0.1, 0.15) is 26.3 Å². The topological polar surface area (TPSA) is 65.1 Å². The van der Waals surface area contributed by atoms with E-state index in [2.05, 4.69) is 39.4 Å². The van der Waals surface area contributed by atoms with Crippen LogP contribution in [-0.2, 0) is 11.3 Å². The summed E-state index contributed by atoms with van der Waals surface area (Å²) in [6.45, 7) is 6.55. The highest BCUT2D eigenvalue weighted by molar-refractivity contribution is 6.34. The van der Waals surface area contributed by atoms with E-state index in [-0.39, 0.29) is 11.8 Å². The van der Waals surface area contributed by atoms with Crippen LogP contribution >= 0.6 is 11.6 Å². The summed E-state index contributed by atoms with van der Waals surface area (Å²) in [4.78, 5) is 33.0. The molecule has 5 rings (SSSR count). The molecule has 0 aromatic heterocycles. The molecule has 2 fully saturated rings. The van der Waals surface area contributed by atoms with E-state index in [1.54, 1.807) is 30.3 Å². The van der Waals surface area contributed by atoms with Crippen molar-refractivity contribution >= 4 is 34.8 Å². The van der Waals surface area contributed by atoms with Crippen LogP contribution < -0.4 is 10.2 Å². The number of halogens is 1. The second-order valence-electron chi connectivity index (χ2n) is 9.32. The van der Waals surface area contributed by atoms with Gasteiger partial charge in [0.25, 0.3) is 11.8 Å². The molecule has 2 amide bonds. The molecular formula is C29H31ClN4O3. The van der Waals surface area contributed by atoms with Crippen LogP contribution in [0.15, 0.2) is 72.8 Å². The van der Waals surface area contributed by atoms with E-state index in [1.807, 2.05) is 23.1 Å². The molecule has 2 aliphatic heterocycles. The van der Waals surface area contributed by atoms with Crippen molar-refractivity contribution in [3.8, 4) is 0 Å². The van der Waals surface area contributed by atoms with Gasteiger partial charge in [0.05, 0.1) is 29.4 Å². The number of morpholine rings is 1. The third kappa shape index (κ3) is 6.13. The highest BCUT2D eigenvalue weighted by atomic mass is 35.5. The van der Waals surface area contributed by atoms with Crippen LogP contribution in [0.5, 0.6) is 0 Å². The average molecular weight is 519 g/mol. The van der Waals surface area contributed by atoms with Crippen LogP contribution in [0.4, 0.5) is 11.4 Å². The number of hydrogen-bond donors (Lipinski definition) is 1. The van der Waals surface area contributed by atoms with Crippen molar-refractivity contribution in [2.45, 2.75) is 6.54 Å². The van der Waals surface area contributed by atoms with Crippen LogP contribution in [0.2, 0.25) is 5.02 Å². The predicted octanol–water partition coefficient (Wildman–Crippen LogP) is 4.39. The first kappa shape index (κ1) is 25.3. The van der Waals surface area contributed by atoms with Crippen LogP contribution in [-0.4, -0.2) is 74.1 Å². The molecule has 2 heterocycles. The summed E-state index contributed by atoms with van der Waals surface area (Å²) in [6, 6.07) is 23.0. The van der Waals surface area contributed by atoms with Gasteiger partial charge < -0.3 is 19.9 Å². The van der Waals surface area contributed by atoms with E-state index in [4.69, 9.17) is 16.3 Å². The molecule has 192 valence electrons. The van der Waals surface area contributed by atoms with Gasteiger partial charge >= 0.3 is 0 Å². The van der Waals surface area contributed by atoms with Crippen LogP contribution in [0.3, 0.4) is 0 Å². The van der Waals surface area contributed by atoms with E-state index < -0.39 is 0 Å². The van der Waals surface area contributed by atoms with Crippen molar-refractivity contribution in [2.24, 2.45) is 0 Å². The Kier molecular flexibility index (Phi) is 8.04. The minimum atomic E-state index is -0.308. The lowest BCUT2D eigenvalue weighted by Crippen LogP contribution is -2.47. The van der Waals surface area contributed by atoms with Crippen molar-refractivity contribution < 1.29 is 14.3 Å². The Labute approximate surface area is 222 Å². The van der Waals surface area contributed by atoms with Gasteiger partial charge in [-0.25, -0.2) is 0 Å². The summed E-state index contributed by atoms with van der Waals surface area (Å²) in [5.74, 6) is -0.350. The maximum atomic E-state index is 13.6. The summed E-state index contributed by atoms with van der Waals surface area (Å²) < 4.78 is 5.45. The fourth-order valence-corrected chi connectivity index (χ4v) is 5.05. The van der Waals surface area contributed by atoms with E-state index in [1.165, 1.54) is 5.56 Å². The predicted molar refractivity (Wildman–Crippen MR) is 147 cm³/mol. The molecule has 3 aromatic carbocycles. The number of piperazine rings is 1. The Bertz CT molecular complexity index is 1240. The molecule has 8 heteroatoms. The molecule has 0 aliphatic carbocycles. The number of ether oxygens (including phenoxy) is 1. The van der Waals surface area contributed by atoms with Gasteiger partial charge in [-0.15, -0.1) is 0 Å². The minimum absolute atomic E-state index is 0.0427. The third-order valence-corrected chi connectivity index (χ3v) is 7.19. The lowest BCUT2D eigenvalue weighted by molar-refractivity contribution is 0.0303. The van der Waals surface area contributed by atoms with Crippen molar-refractivity contribution in [3.05, 3.63) is 94.5 Å². The van der Waals surface area contributed by atoms with Gasteiger partial charge in [-0.05, 0) is 35.9 Å². The van der Waals surface area contributed by atoms with E-state index in [0.29, 0.717) is 48.1 Å². The van der Waals surface area contributed by atoms with Crippen molar-refractivity contribution in [1.82, 2.24) is 9.80 Å². The molecule has 7 nitrogen and oxygen atoms in total. The summed E-state index contributed by atoms with van der Waals surface area (Å²) in [7, 11) is 0. The van der Waals surface area contributed by atoms with E-state index in [9.17, 15) is 9.59 Å². The number of rotatable bonds is 6. The van der Waals surface area contributed by atoms with E-state index >= 15 is 0 Å². The number of anilines is 2. The molecule has 3 aromatic rings. The summed E-state index contributed by atoms with van der Waals surface area (Å²) in [5.41, 5.74) is 3.75. The minimum Gasteiger partial charge on any atom is -0.378 e. The van der Waals surface area contributed by atoms with Gasteiger partial charge in [0.2, 0.25) is 0 Å². The highest BCUT2D eigenvalue weighted by Gasteiger charge is 2.26. The molecule has 1 N–H and O–H groups in total. The van der Waals surface area contributed by atoms with Crippen molar-refractivity contribution in [1.29, 1.82) is 0 Å². The van der Waals surface area contributed by atoms with Gasteiger partial charge in [0.15, 0.2) is 0 Å². The number of nitrogens with zero attached hydrogens (tertiary/aromatic N) is 3. The number of carbonyl (C=O) groups is 2. The van der Waals surface area contributed by atoms with Gasteiger partial charge in [0, 0.05) is 57.2 Å². The first-order chi connectivity index (χ1) is 18.1. The molecule has 37 heavy (non-hydrogen) atoms. The number of hydrogen-bond acceptors (Lipinski definition) is 5. The van der Waals surface area contributed by atoms with Crippen molar-refractivity contribution in [3.63, 3.8) is 0 Å². The zero-order valence-electron chi connectivity index (χ0n) is 20.7. The summed E-state index contributed by atoms with van der Waals surface area (Å²) >= 11 is 6.21. The largest absolute Gasteiger partial charge is 0.378 e. The lowest BCUT2D eigenvalue weighted by Gasteiger charge is -2.37. The average Bonchev–Trinajstić information content (AvgIpc) is 2.94. The number of nitrogens with one attached hydrogen (secondary N) is 1. The normalized spacial score (nSPS) is 16.5. The second kappa shape index (κ2) is 11.8. The van der Waals surface area contributed by atoms with Gasteiger partial charge in [0.1, 0.15) is 0 Å². The zero-order valence-corrected chi connectivity index (χ0v) is 21.5. The molecule has 2 aliphatic rings. The molecule has 0 spiro atoms. The standard InChI is InChI=1S/C29H31ClN4O3/c30-26-9-5-4-8-24(26)28(35)31-23-10-11-27(25(20-23)29(36)34-16-18-37-19-17-34)33-14-12-32(13-15-33)21-22-6-2-1-3-7-22/h1-11,20H,12-19,21H2,(H,31,35). The molecular weight excluding hydrogens is 488 g/mol. The van der Waals surface area contributed by atoms with Crippen LogP contribution in [0, 0.1) is 0 Å². The number of benzene rings is 3. The molecule has 0 atom stereocenters. The number of amides is 2. The SMILES string of the molecule is O=C(Nc1ccc(N2CCN(Cc3ccccc3)CC2)c(C(=O)N2CCOCC2)c1)c1ccccc1Cl. The Morgan fingerprint density at radius 2 is 1.51 bits per heavy atom. The zero-order chi connectivity index (χ0) is 25.6. The summed E-state index contributed by atoms with van der Waals surface area (Å²) in [5, 5.41) is 3.30. The lowest BCUT2D eigenvalue weighted by atomic mass is 10.1. The molecule has 0 saturated carbocycles. The molecule has 0 bridgehead atoms. The number of carbonyl (C=O) groups excluding carboxylic acids is 2. The molecule has 0 radical (unpaired) electrons. The second-order valence-corrected chi connectivity index (χ2v) is 9.73. The van der Waals surface area contributed by atoms with Gasteiger partial charge in [-0.3, -0.25) is 14.5 Å². The molecule has 0 unspecified atom stereocenters. The maximum Gasteiger partial charge on any atom is 0.257 e.